The van der Waals surface area contributed by atoms with Crippen LogP contribution in [0.5, 0.6) is 0 Å². The molecule has 6 nitrogen and oxygen atoms in total. The van der Waals surface area contributed by atoms with E-state index >= 15 is 0 Å². The van der Waals surface area contributed by atoms with Gasteiger partial charge in [0.2, 0.25) is 5.79 Å². The van der Waals surface area contributed by atoms with Gasteiger partial charge in [0.25, 0.3) is 0 Å². The van der Waals surface area contributed by atoms with Crippen molar-refractivity contribution in [3.63, 3.8) is 0 Å². The Kier molecular flexibility index (Phi) is 3.25. The van der Waals surface area contributed by atoms with Crippen LogP contribution < -0.4 is 5.73 Å². The van der Waals surface area contributed by atoms with E-state index in [0.717, 1.165) is 6.08 Å². The second-order valence-corrected chi connectivity index (χ2v) is 3.30. The predicted molar refractivity (Wildman–Crippen MR) is 47.1 cm³/mol. The van der Waals surface area contributed by atoms with Gasteiger partial charge in [0.15, 0.2) is 0 Å². The Bertz CT molecular complexity index is 222. The third-order valence-corrected chi connectivity index (χ3v) is 2.39. The van der Waals surface area contributed by atoms with Crippen molar-refractivity contribution in [2.24, 2.45) is 5.73 Å². The van der Waals surface area contributed by atoms with Crippen molar-refractivity contribution < 1.29 is 25.2 Å². The van der Waals surface area contributed by atoms with Crippen molar-refractivity contribution in [3.8, 4) is 0 Å². The molecular weight excluding hydrogens is 190 g/mol. The summed E-state index contributed by atoms with van der Waals surface area (Å²) in [5.74, 6) is -1.92. The van der Waals surface area contributed by atoms with Crippen LogP contribution in [0.25, 0.3) is 0 Å². The lowest BCUT2D eigenvalue weighted by Gasteiger charge is -2.44. The van der Waals surface area contributed by atoms with Crippen LogP contribution in [0, 0.1) is 0 Å². The molecule has 1 rings (SSSR count). The lowest BCUT2D eigenvalue weighted by Crippen LogP contribution is -2.67. The summed E-state index contributed by atoms with van der Waals surface area (Å²) in [6.45, 7) is 2.78. The van der Waals surface area contributed by atoms with Gasteiger partial charge in [0.05, 0.1) is 12.6 Å². The molecule has 1 heterocycles. The second-order valence-electron chi connectivity index (χ2n) is 3.30. The zero-order valence-corrected chi connectivity index (χ0v) is 7.58. The molecule has 1 fully saturated rings. The van der Waals surface area contributed by atoms with E-state index in [0.29, 0.717) is 0 Å². The van der Waals surface area contributed by atoms with Crippen molar-refractivity contribution in [1.82, 2.24) is 0 Å². The Balaban J connectivity index is 2.89. The maximum Gasteiger partial charge on any atom is 0.203 e. The molecule has 0 aromatic rings. The molecule has 0 aliphatic carbocycles. The fourth-order valence-electron chi connectivity index (χ4n) is 1.40. The average Bonchev–Trinajstić information content (AvgIpc) is 2.20. The van der Waals surface area contributed by atoms with Crippen LogP contribution in [0.15, 0.2) is 12.7 Å². The van der Waals surface area contributed by atoms with Crippen LogP contribution in [0.4, 0.5) is 0 Å². The molecule has 6 heteroatoms. The minimum atomic E-state index is -1.92. The van der Waals surface area contributed by atoms with Gasteiger partial charge >= 0.3 is 0 Å². The first kappa shape index (κ1) is 11.6. The Hall–Kier alpha value is -0.500. The highest BCUT2D eigenvalue weighted by Crippen LogP contribution is 2.27. The van der Waals surface area contributed by atoms with Crippen LogP contribution >= 0.6 is 0 Å². The van der Waals surface area contributed by atoms with Crippen LogP contribution in [-0.4, -0.2) is 57.2 Å². The van der Waals surface area contributed by atoms with E-state index in [-0.39, 0.29) is 0 Å². The Morgan fingerprint density at radius 3 is 2.43 bits per heavy atom. The van der Waals surface area contributed by atoms with Crippen molar-refractivity contribution in [3.05, 3.63) is 12.7 Å². The van der Waals surface area contributed by atoms with E-state index in [9.17, 15) is 15.3 Å². The molecule has 1 unspecified atom stereocenters. The van der Waals surface area contributed by atoms with Crippen molar-refractivity contribution in [1.29, 1.82) is 0 Å². The maximum atomic E-state index is 9.69. The number of rotatable bonds is 2. The molecule has 1 aliphatic heterocycles. The number of hydrogen-bond acceptors (Lipinski definition) is 6. The lowest BCUT2D eigenvalue weighted by molar-refractivity contribution is -0.290. The first-order valence-corrected chi connectivity index (χ1v) is 4.22. The second kappa shape index (κ2) is 3.93. The summed E-state index contributed by atoms with van der Waals surface area (Å²) in [6, 6.07) is -1.20. The monoisotopic (exact) mass is 205 g/mol. The summed E-state index contributed by atoms with van der Waals surface area (Å²) in [6.07, 6.45) is -2.75. The van der Waals surface area contributed by atoms with E-state index in [1.165, 1.54) is 0 Å². The number of ether oxygens (including phenoxy) is 1. The van der Waals surface area contributed by atoms with E-state index in [1.54, 1.807) is 0 Å². The molecule has 0 spiro atoms. The molecular formula is C8H15NO5. The predicted octanol–water partition coefficient (Wildman–Crippen LogP) is -2.70. The summed E-state index contributed by atoms with van der Waals surface area (Å²) in [5, 5.41) is 37.3. The Morgan fingerprint density at radius 2 is 2.00 bits per heavy atom. The molecule has 0 aromatic carbocycles. The molecule has 1 aliphatic rings. The number of hydrogen-bond donors (Lipinski definition) is 5. The van der Waals surface area contributed by atoms with Crippen LogP contribution in [0.3, 0.4) is 0 Å². The van der Waals surface area contributed by atoms with Crippen LogP contribution in [0.2, 0.25) is 0 Å². The topological polar surface area (TPSA) is 116 Å². The van der Waals surface area contributed by atoms with Gasteiger partial charge in [-0.3, -0.25) is 0 Å². The van der Waals surface area contributed by atoms with Gasteiger partial charge < -0.3 is 30.9 Å². The fourth-order valence-corrected chi connectivity index (χ4v) is 1.40. The van der Waals surface area contributed by atoms with Gasteiger partial charge in [0.1, 0.15) is 18.3 Å². The number of aliphatic hydroxyl groups excluding tert-OH is 3. The van der Waals surface area contributed by atoms with Gasteiger partial charge in [-0.25, -0.2) is 0 Å². The van der Waals surface area contributed by atoms with E-state index in [4.69, 9.17) is 15.6 Å². The van der Waals surface area contributed by atoms with Gasteiger partial charge in [-0.2, -0.15) is 0 Å². The average molecular weight is 205 g/mol. The molecule has 6 N–H and O–H groups in total. The SMILES string of the molecule is C=CC1(O)O[C@H](CO)[C@@H](O)[C@H](O)[C@H]1N. The first-order chi connectivity index (χ1) is 6.46. The Labute approximate surface area is 81.2 Å². The van der Waals surface area contributed by atoms with Gasteiger partial charge in [-0.05, 0) is 6.08 Å². The maximum absolute atomic E-state index is 9.69. The zero-order valence-electron chi connectivity index (χ0n) is 7.58. The van der Waals surface area contributed by atoms with E-state index in [2.05, 4.69) is 6.58 Å². The van der Waals surface area contributed by atoms with E-state index in [1.807, 2.05) is 0 Å². The van der Waals surface area contributed by atoms with Crippen LogP contribution in [0.1, 0.15) is 0 Å². The van der Waals surface area contributed by atoms with Gasteiger partial charge in [-0.1, -0.05) is 6.58 Å². The fraction of sp³-hybridized carbons (Fsp3) is 0.750. The third-order valence-electron chi connectivity index (χ3n) is 2.39. The van der Waals surface area contributed by atoms with Crippen molar-refractivity contribution in [2.75, 3.05) is 6.61 Å². The largest absolute Gasteiger partial charge is 0.394 e. The molecule has 0 saturated carbocycles. The molecule has 0 bridgehead atoms. The molecule has 14 heavy (non-hydrogen) atoms. The zero-order chi connectivity index (χ0) is 10.9. The minimum absolute atomic E-state index is 0.527. The molecule has 0 aromatic heterocycles. The molecule has 5 atom stereocenters. The minimum Gasteiger partial charge on any atom is -0.394 e. The van der Waals surface area contributed by atoms with E-state index < -0.39 is 36.7 Å². The standard InChI is InChI=1S/C8H15NO5/c1-2-8(13)7(9)6(12)5(11)4(3-10)14-8/h2,4-7,10-13H,1,3,9H2/t4-,5-,6+,7-,8?/m1/s1. The summed E-state index contributed by atoms with van der Waals surface area (Å²) >= 11 is 0. The molecule has 1 saturated heterocycles. The summed E-state index contributed by atoms with van der Waals surface area (Å²) < 4.78 is 4.92. The number of nitrogens with two attached hydrogens (primary N) is 1. The molecule has 82 valence electrons. The van der Waals surface area contributed by atoms with Crippen molar-refractivity contribution >= 4 is 0 Å². The van der Waals surface area contributed by atoms with Crippen LogP contribution in [-0.2, 0) is 4.74 Å². The normalized spacial score (nSPS) is 48.9. The summed E-state index contributed by atoms with van der Waals surface area (Å²) in [4.78, 5) is 0. The highest BCUT2D eigenvalue weighted by molar-refractivity contribution is 5.06. The number of aliphatic hydroxyl groups is 4. The Morgan fingerprint density at radius 1 is 1.43 bits per heavy atom. The lowest BCUT2D eigenvalue weighted by atomic mass is 9.91. The summed E-state index contributed by atoms with van der Waals surface area (Å²) in [7, 11) is 0. The smallest absolute Gasteiger partial charge is 0.203 e. The summed E-state index contributed by atoms with van der Waals surface area (Å²) in [5.41, 5.74) is 5.44. The van der Waals surface area contributed by atoms with Gasteiger partial charge in [-0.15, -0.1) is 0 Å². The van der Waals surface area contributed by atoms with Gasteiger partial charge in [0, 0.05) is 0 Å². The highest BCUT2D eigenvalue weighted by Gasteiger charge is 2.49. The third kappa shape index (κ3) is 1.68. The first-order valence-electron chi connectivity index (χ1n) is 4.22. The molecule has 0 amide bonds. The quantitative estimate of drug-likeness (QED) is 0.313. The molecule has 0 radical (unpaired) electrons. The highest BCUT2D eigenvalue weighted by atomic mass is 16.6. The van der Waals surface area contributed by atoms with Crippen molar-refractivity contribution in [2.45, 2.75) is 30.1 Å².